The molecule has 0 spiro atoms. The number of benzene rings is 1. The van der Waals surface area contributed by atoms with Gasteiger partial charge in [-0.25, -0.2) is 0 Å². The van der Waals surface area contributed by atoms with Crippen LogP contribution < -0.4 is 5.32 Å². The Morgan fingerprint density at radius 3 is 2.73 bits per heavy atom. The summed E-state index contributed by atoms with van der Waals surface area (Å²) in [4.78, 5) is 0. The minimum absolute atomic E-state index is 0. The summed E-state index contributed by atoms with van der Waals surface area (Å²) >= 11 is 3.64. The first-order valence-electron chi connectivity index (χ1n) is 5.27. The van der Waals surface area contributed by atoms with E-state index in [4.69, 9.17) is 0 Å². The summed E-state index contributed by atoms with van der Waals surface area (Å²) in [5.74, 6) is 0. The maximum Gasteiger partial charge on any atom is 0.0331 e. The fourth-order valence-corrected chi connectivity index (χ4v) is 2.80. The molecule has 0 aromatic heterocycles. The van der Waals surface area contributed by atoms with Crippen LogP contribution in [0.2, 0.25) is 0 Å². The average Bonchev–Trinajstić information content (AvgIpc) is 2.19. The second-order valence-electron chi connectivity index (χ2n) is 4.03. The first kappa shape index (κ1) is 13.0. The van der Waals surface area contributed by atoms with E-state index in [1.165, 1.54) is 34.9 Å². The lowest BCUT2D eigenvalue weighted by Crippen LogP contribution is -2.26. The fraction of sp³-hybridized carbons (Fsp3) is 0.500. The van der Waals surface area contributed by atoms with Crippen molar-refractivity contribution in [2.45, 2.75) is 32.2 Å². The maximum absolute atomic E-state index is 3.64. The van der Waals surface area contributed by atoms with Crippen LogP contribution in [-0.4, -0.2) is 6.54 Å². The monoisotopic (exact) mass is 289 g/mol. The number of hydrogen-bond acceptors (Lipinski definition) is 1. The van der Waals surface area contributed by atoms with Gasteiger partial charge in [0.1, 0.15) is 0 Å². The Bertz CT molecular complexity index is 321. The SMILES string of the molecule is Cc1ccc([C@@H]2CCCCN2)c(Br)c1.Cl. The molecule has 3 heteroatoms. The second-order valence-corrected chi connectivity index (χ2v) is 4.88. The molecule has 1 fully saturated rings. The topological polar surface area (TPSA) is 12.0 Å². The highest BCUT2D eigenvalue weighted by Gasteiger charge is 2.16. The van der Waals surface area contributed by atoms with Gasteiger partial charge in [0.05, 0.1) is 0 Å². The summed E-state index contributed by atoms with van der Waals surface area (Å²) in [5.41, 5.74) is 2.73. The van der Waals surface area contributed by atoms with Crippen molar-refractivity contribution < 1.29 is 0 Å². The molecule has 15 heavy (non-hydrogen) atoms. The van der Waals surface area contributed by atoms with E-state index in [9.17, 15) is 0 Å². The molecule has 84 valence electrons. The van der Waals surface area contributed by atoms with Gasteiger partial charge in [0.2, 0.25) is 0 Å². The summed E-state index contributed by atoms with van der Waals surface area (Å²) in [7, 11) is 0. The molecular weight excluding hydrogens is 273 g/mol. The van der Waals surface area contributed by atoms with Crippen LogP contribution in [0, 0.1) is 6.92 Å². The highest BCUT2D eigenvalue weighted by molar-refractivity contribution is 9.10. The molecule has 2 rings (SSSR count). The third-order valence-electron chi connectivity index (χ3n) is 2.84. The minimum atomic E-state index is 0. The predicted molar refractivity (Wildman–Crippen MR) is 70.7 cm³/mol. The van der Waals surface area contributed by atoms with Gasteiger partial charge < -0.3 is 5.32 Å². The number of piperidine rings is 1. The van der Waals surface area contributed by atoms with Crippen LogP contribution in [0.1, 0.15) is 36.4 Å². The van der Waals surface area contributed by atoms with E-state index in [-0.39, 0.29) is 12.4 Å². The zero-order valence-corrected chi connectivity index (χ0v) is 11.3. The highest BCUT2D eigenvalue weighted by Crippen LogP contribution is 2.29. The molecule has 1 aliphatic rings. The third kappa shape index (κ3) is 3.20. The lowest BCUT2D eigenvalue weighted by atomic mass is 9.97. The number of nitrogens with one attached hydrogen (secondary N) is 1. The van der Waals surface area contributed by atoms with Crippen LogP contribution in [0.25, 0.3) is 0 Å². The lowest BCUT2D eigenvalue weighted by Gasteiger charge is -2.24. The van der Waals surface area contributed by atoms with Crippen molar-refractivity contribution in [2.24, 2.45) is 0 Å². The third-order valence-corrected chi connectivity index (χ3v) is 3.53. The summed E-state index contributed by atoms with van der Waals surface area (Å²) in [6, 6.07) is 7.18. The van der Waals surface area contributed by atoms with Gasteiger partial charge in [-0.05, 0) is 43.5 Å². The normalized spacial score (nSPS) is 20.8. The van der Waals surface area contributed by atoms with Crippen molar-refractivity contribution in [3.8, 4) is 0 Å². The molecule has 1 aliphatic heterocycles. The number of halogens is 2. The Labute approximate surface area is 106 Å². The van der Waals surface area contributed by atoms with Crippen molar-refractivity contribution in [2.75, 3.05) is 6.54 Å². The molecule has 0 radical (unpaired) electrons. The Morgan fingerprint density at radius 2 is 2.13 bits per heavy atom. The van der Waals surface area contributed by atoms with Crippen LogP contribution in [0.5, 0.6) is 0 Å². The molecule has 1 saturated heterocycles. The quantitative estimate of drug-likeness (QED) is 0.824. The van der Waals surface area contributed by atoms with Gasteiger partial charge in [0, 0.05) is 10.5 Å². The molecule has 0 amide bonds. The van der Waals surface area contributed by atoms with E-state index >= 15 is 0 Å². The lowest BCUT2D eigenvalue weighted by molar-refractivity contribution is 0.411. The molecule has 0 aliphatic carbocycles. The van der Waals surface area contributed by atoms with Crippen molar-refractivity contribution >= 4 is 28.3 Å². The summed E-state index contributed by atoms with van der Waals surface area (Å²) in [6.45, 7) is 3.29. The minimum Gasteiger partial charge on any atom is -0.310 e. The second kappa shape index (κ2) is 5.88. The van der Waals surface area contributed by atoms with Crippen LogP contribution in [0.15, 0.2) is 22.7 Å². The van der Waals surface area contributed by atoms with Crippen LogP contribution in [-0.2, 0) is 0 Å². The largest absolute Gasteiger partial charge is 0.310 e. The molecule has 1 nitrogen and oxygen atoms in total. The summed E-state index contributed by atoms with van der Waals surface area (Å²) in [6.07, 6.45) is 3.93. The van der Waals surface area contributed by atoms with E-state index in [1.807, 2.05) is 0 Å². The molecule has 1 aromatic rings. The molecule has 0 bridgehead atoms. The van der Waals surface area contributed by atoms with Gasteiger partial charge in [0.25, 0.3) is 0 Å². The highest BCUT2D eigenvalue weighted by atomic mass is 79.9. The number of aryl methyl sites for hydroxylation is 1. The van der Waals surface area contributed by atoms with Gasteiger partial charge in [-0.2, -0.15) is 0 Å². The summed E-state index contributed by atoms with van der Waals surface area (Å²) < 4.78 is 1.25. The van der Waals surface area contributed by atoms with E-state index in [0.29, 0.717) is 6.04 Å². The molecule has 1 heterocycles. The first-order chi connectivity index (χ1) is 6.77. The van der Waals surface area contributed by atoms with Crippen molar-refractivity contribution in [3.63, 3.8) is 0 Å². The zero-order chi connectivity index (χ0) is 9.97. The Morgan fingerprint density at radius 1 is 1.33 bits per heavy atom. The predicted octanol–water partition coefficient (Wildman–Crippen LogP) is 3.99. The van der Waals surface area contributed by atoms with Gasteiger partial charge in [-0.15, -0.1) is 12.4 Å². The maximum atomic E-state index is 3.64. The van der Waals surface area contributed by atoms with Crippen LogP contribution in [0.4, 0.5) is 0 Å². The summed E-state index contributed by atoms with van der Waals surface area (Å²) in [5, 5.41) is 3.57. The van der Waals surface area contributed by atoms with E-state index < -0.39 is 0 Å². The number of hydrogen-bond donors (Lipinski definition) is 1. The van der Waals surface area contributed by atoms with E-state index in [0.717, 1.165) is 6.54 Å². The molecule has 1 atom stereocenters. The molecular formula is C12H17BrClN. The average molecular weight is 291 g/mol. The standard InChI is InChI=1S/C12H16BrN.ClH/c1-9-5-6-10(11(13)8-9)12-4-2-3-7-14-12;/h5-6,8,12,14H,2-4,7H2,1H3;1H/t12-;/m0./s1. The molecule has 0 unspecified atom stereocenters. The zero-order valence-electron chi connectivity index (χ0n) is 8.92. The smallest absolute Gasteiger partial charge is 0.0331 e. The van der Waals surface area contributed by atoms with Crippen molar-refractivity contribution in [3.05, 3.63) is 33.8 Å². The van der Waals surface area contributed by atoms with Crippen molar-refractivity contribution in [1.82, 2.24) is 5.32 Å². The molecule has 1 aromatic carbocycles. The van der Waals surface area contributed by atoms with Gasteiger partial charge in [-0.3, -0.25) is 0 Å². The van der Waals surface area contributed by atoms with Crippen LogP contribution in [0.3, 0.4) is 0 Å². The Hall–Kier alpha value is -0.0500. The van der Waals surface area contributed by atoms with E-state index in [1.54, 1.807) is 0 Å². The molecule has 0 saturated carbocycles. The van der Waals surface area contributed by atoms with Crippen molar-refractivity contribution in [1.29, 1.82) is 0 Å². The van der Waals surface area contributed by atoms with E-state index in [2.05, 4.69) is 46.4 Å². The molecule has 1 N–H and O–H groups in total. The van der Waals surface area contributed by atoms with Crippen LogP contribution >= 0.6 is 28.3 Å². The van der Waals surface area contributed by atoms with Gasteiger partial charge in [0.15, 0.2) is 0 Å². The van der Waals surface area contributed by atoms with Gasteiger partial charge >= 0.3 is 0 Å². The fourth-order valence-electron chi connectivity index (χ4n) is 2.03. The van der Waals surface area contributed by atoms with Gasteiger partial charge in [-0.1, -0.05) is 34.5 Å². The first-order valence-corrected chi connectivity index (χ1v) is 6.06. The Balaban J connectivity index is 0.00000112. The Kier molecular flexibility index (Phi) is 5.10. The number of rotatable bonds is 1.